The third-order valence-electron chi connectivity index (χ3n) is 17.1. The van der Waals surface area contributed by atoms with Crippen LogP contribution in [0.5, 0.6) is 17.2 Å². The van der Waals surface area contributed by atoms with Crippen molar-refractivity contribution in [3.8, 4) is 118 Å². The van der Waals surface area contributed by atoms with Crippen LogP contribution in [0.25, 0.3) is 106 Å². The number of allylic oxidation sites excluding steroid dienone is 1. The summed E-state index contributed by atoms with van der Waals surface area (Å²) in [6, 6.07) is 65.9. The molecule has 10 aromatic rings. The zero-order valence-electron chi connectivity index (χ0n) is 56.1. The Morgan fingerprint density at radius 1 is 0.258 bits per heavy atom. The van der Waals surface area contributed by atoms with Crippen molar-refractivity contribution in [3.05, 3.63) is 222 Å². The Hall–Kier alpha value is -8.87. The Morgan fingerprint density at radius 2 is 0.427 bits per heavy atom. The molecule has 0 atom stereocenters. The standard InChI is InChI=1S/C83H89N3O3/c1-51(2)67-45-64(46-68(73(67)87-18)79(3,4)5)58-27-21-52(22-28-58)55-33-39-61(40-34-55)76-84-77(62-41-35-56(36-42-62)53-23-29-59(30-24-53)65-47-69(80(6,7)8)74(88-19)70(48-65)81(9,10)11)86-78(85-76)63-43-37-57(38-44-63)54-25-31-60(32-26-54)66-49-71(82(12,13)14)75(89-20)72(50-66)83(15,16)17/h21-50H,1H2,2-20H3. The second-order valence-electron chi connectivity index (χ2n) is 29.1. The van der Waals surface area contributed by atoms with Gasteiger partial charge in [0.15, 0.2) is 17.5 Å². The number of methoxy groups -OCH3 is 3. The van der Waals surface area contributed by atoms with E-state index in [9.17, 15) is 0 Å². The maximum atomic E-state index is 6.09. The molecule has 0 bridgehead atoms. The molecule has 0 fully saturated rings. The van der Waals surface area contributed by atoms with E-state index in [0.717, 1.165) is 106 Å². The van der Waals surface area contributed by atoms with Crippen LogP contribution in [0, 0.1) is 0 Å². The van der Waals surface area contributed by atoms with Gasteiger partial charge in [-0.2, -0.15) is 0 Å². The third kappa shape index (κ3) is 13.4. The molecular formula is C83H89N3O3. The first kappa shape index (κ1) is 63.2. The van der Waals surface area contributed by atoms with E-state index >= 15 is 0 Å². The fourth-order valence-electron chi connectivity index (χ4n) is 11.9. The summed E-state index contributed by atoms with van der Waals surface area (Å²) in [4.78, 5) is 15.6. The zero-order valence-corrected chi connectivity index (χ0v) is 56.1. The quantitative estimate of drug-likeness (QED) is 0.115. The number of hydrogen-bond acceptors (Lipinski definition) is 6. The van der Waals surface area contributed by atoms with Crippen LogP contribution >= 0.6 is 0 Å². The summed E-state index contributed by atoms with van der Waals surface area (Å²) in [5.74, 6) is 4.63. The first-order valence-corrected chi connectivity index (χ1v) is 31.2. The summed E-state index contributed by atoms with van der Waals surface area (Å²) >= 11 is 0. The lowest BCUT2D eigenvalue weighted by atomic mass is 9.77. The third-order valence-corrected chi connectivity index (χ3v) is 17.1. The molecule has 0 aliphatic carbocycles. The van der Waals surface area contributed by atoms with Gasteiger partial charge >= 0.3 is 0 Å². The van der Waals surface area contributed by atoms with Crippen LogP contribution in [0.2, 0.25) is 0 Å². The van der Waals surface area contributed by atoms with E-state index in [-0.39, 0.29) is 27.1 Å². The number of benzene rings is 9. The topological polar surface area (TPSA) is 66.4 Å². The molecule has 89 heavy (non-hydrogen) atoms. The van der Waals surface area contributed by atoms with Gasteiger partial charge in [-0.3, -0.25) is 0 Å². The Labute approximate surface area is 531 Å². The molecule has 0 aliphatic heterocycles. The fourth-order valence-corrected chi connectivity index (χ4v) is 11.9. The van der Waals surface area contributed by atoms with E-state index < -0.39 is 0 Å². The van der Waals surface area contributed by atoms with E-state index in [1.165, 1.54) is 33.4 Å². The van der Waals surface area contributed by atoms with Crippen molar-refractivity contribution < 1.29 is 14.2 Å². The van der Waals surface area contributed by atoms with Gasteiger partial charge in [-0.25, -0.2) is 15.0 Å². The minimum Gasteiger partial charge on any atom is -0.496 e. The highest BCUT2D eigenvalue weighted by atomic mass is 16.5. The van der Waals surface area contributed by atoms with Crippen molar-refractivity contribution in [1.29, 1.82) is 0 Å². The molecule has 0 radical (unpaired) electrons. The van der Waals surface area contributed by atoms with Crippen molar-refractivity contribution in [2.45, 2.75) is 138 Å². The smallest absolute Gasteiger partial charge is 0.164 e. The highest BCUT2D eigenvalue weighted by Gasteiger charge is 2.30. The molecule has 0 N–H and O–H groups in total. The van der Waals surface area contributed by atoms with E-state index in [1.807, 2.05) is 6.92 Å². The molecule has 0 saturated carbocycles. The number of nitrogens with zero attached hydrogens (tertiary/aromatic N) is 3. The van der Waals surface area contributed by atoms with Crippen LogP contribution in [0.15, 0.2) is 189 Å². The van der Waals surface area contributed by atoms with Gasteiger partial charge in [0.1, 0.15) is 17.2 Å². The van der Waals surface area contributed by atoms with E-state index in [2.05, 4.69) is 292 Å². The summed E-state index contributed by atoms with van der Waals surface area (Å²) in [5, 5.41) is 0. The van der Waals surface area contributed by atoms with Gasteiger partial charge in [0.25, 0.3) is 0 Å². The average molecular weight is 1180 g/mol. The highest BCUT2D eigenvalue weighted by molar-refractivity contribution is 5.81. The number of hydrogen-bond donors (Lipinski definition) is 0. The SMILES string of the molecule is C=C(C)c1cc(-c2ccc(-c3ccc(-c4nc(-c5ccc(-c6ccc(-c7cc(C(C)(C)C)c(OC)c(C(C)(C)C)c7)cc6)cc5)nc(-c5ccc(-c6ccc(-c7cc(C(C)(C)C)c(OC)c(C(C)(C)C)c7)cc6)cc5)n4)cc3)cc2)cc(C(C)(C)C)c1OC. The first-order chi connectivity index (χ1) is 41.9. The highest BCUT2D eigenvalue weighted by Crippen LogP contribution is 2.46. The summed E-state index contributed by atoms with van der Waals surface area (Å²) in [6.45, 7) is 40.0. The maximum absolute atomic E-state index is 6.09. The molecule has 0 amide bonds. The molecule has 9 aromatic carbocycles. The molecule has 1 heterocycles. The van der Waals surface area contributed by atoms with Gasteiger partial charge in [0.2, 0.25) is 0 Å². The lowest BCUT2D eigenvalue weighted by molar-refractivity contribution is 0.381. The predicted octanol–water partition coefficient (Wildman–Crippen LogP) is 22.4. The van der Waals surface area contributed by atoms with Crippen LogP contribution in [0.3, 0.4) is 0 Å². The Balaban J connectivity index is 0.975. The average Bonchev–Trinajstić information content (AvgIpc) is 0.888. The van der Waals surface area contributed by atoms with Crippen LogP contribution < -0.4 is 14.2 Å². The van der Waals surface area contributed by atoms with Gasteiger partial charge in [-0.1, -0.05) is 256 Å². The molecule has 0 aliphatic rings. The van der Waals surface area contributed by atoms with E-state index in [1.54, 1.807) is 21.3 Å². The normalized spacial score (nSPS) is 12.3. The maximum Gasteiger partial charge on any atom is 0.164 e. The van der Waals surface area contributed by atoms with Crippen LogP contribution in [0.4, 0.5) is 0 Å². The zero-order chi connectivity index (χ0) is 64.1. The molecule has 1 aromatic heterocycles. The Bertz CT molecular complexity index is 3950. The van der Waals surface area contributed by atoms with E-state index in [0.29, 0.717) is 17.5 Å². The predicted molar refractivity (Wildman–Crippen MR) is 377 cm³/mol. The molecule has 10 rings (SSSR count). The minimum absolute atomic E-state index is 0.0949. The second-order valence-corrected chi connectivity index (χ2v) is 29.1. The van der Waals surface area contributed by atoms with Crippen LogP contribution in [0.1, 0.15) is 144 Å². The van der Waals surface area contributed by atoms with Gasteiger partial charge in [-0.05, 0) is 143 Å². The van der Waals surface area contributed by atoms with Crippen molar-refractivity contribution in [2.24, 2.45) is 0 Å². The number of aromatic nitrogens is 3. The Kier molecular flexibility index (Phi) is 17.2. The van der Waals surface area contributed by atoms with Crippen molar-refractivity contribution in [3.63, 3.8) is 0 Å². The summed E-state index contributed by atoms with van der Waals surface area (Å²) in [6.07, 6.45) is 0. The molecule has 6 heteroatoms. The number of ether oxygens (including phenoxy) is 3. The summed E-state index contributed by atoms with van der Waals surface area (Å²) < 4.78 is 18.1. The molecule has 6 nitrogen and oxygen atoms in total. The van der Waals surface area contributed by atoms with Gasteiger partial charge in [0.05, 0.1) is 21.3 Å². The Morgan fingerprint density at radius 3 is 0.607 bits per heavy atom. The lowest BCUT2D eigenvalue weighted by Gasteiger charge is -2.30. The molecular weight excluding hydrogens is 1090 g/mol. The monoisotopic (exact) mass is 1180 g/mol. The molecule has 0 unspecified atom stereocenters. The second kappa shape index (κ2) is 24.3. The number of rotatable bonds is 13. The molecule has 0 saturated heterocycles. The van der Waals surface area contributed by atoms with Crippen molar-refractivity contribution >= 4 is 5.57 Å². The lowest BCUT2D eigenvalue weighted by Crippen LogP contribution is -2.19. The van der Waals surface area contributed by atoms with Gasteiger partial charge in [0, 0.05) is 50.1 Å². The van der Waals surface area contributed by atoms with Crippen LogP contribution in [-0.2, 0) is 27.1 Å². The molecule has 0 spiro atoms. The van der Waals surface area contributed by atoms with Gasteiger partial charge in [-0.15, -0.1) is 0 Å². The largest absolute Gasteiger partial charge is 0.496 e. The fraction of sp³-hybridized carbons (Fsp3) is 0.289. The van der Waals surface area contributed by atoms with Crippen LogP contribution in [-0.4, -0.2) is 36.3 Å². The first-order valence-electron chi connectivity index (χ1n) is 31.2. The molecule has 454 valence electrons. The summed E-state index contributed by atoms with van der Waals surface area (Å²) in [7, 11) is 5.32. The van der Waals surface area contributed by atoms with E-state index in [4.69, 9.17) is 29.2 Å². The summed E-state index contributed by atoms with van der Waals surface area (Å²) in [5.41, 5.74) is 23.8. The van der Waals surface area contributed by atoms with Crippen molar-refractivity contribution in [2.75, 3.05) is 21.3 Å². The minimum atomic E-state index is -0.118. The van der Waals surface area contributed by atoms with Gasteiger partial charge < -0.3 is 14.2 Å². The van der Waals surface area contributed by atoms with Crippen molar-refractivity contribution in [1.82, 2.24) is 15.0 Å².